The smallest absolute Gasteiger partial charge is 0.279 e. The molecule has 9 nitrogen and oxygen atoms in total. The van der Waals surface area contributed by atoms with Crippen molar-refractivity contribution >= 4 is 40.0 Å². The largest absolute Gasteiger partial charge is 0.494 e. The monoisotopic (exact) mass is 561 g/mol. The fourth-order valence-corrected chi connectivity index (χ4v) is 5.48. The van der Waals surface area contributed by atoms with Crippen LogP contribution in [-0.2, 0) is 11.3 Å². The van der Waals surface area contributed by atoms with Crippen LogP contribution in [0.25, 0.3) is 11.3 Å². The Morgan fingerprint density at radius 3 is 2.37 bits per heavy atom. The van der Waals surface area contributed by atoms with Crippen LogP contribution < -0.4 is 14.4 Å². The second-order valence-electron chi connectivity index (χ2n) is 9.15. The Hall–Kier alpha value is -5.35. The summed E-state index contributed by atoms with van der Waals surface area (Å²) in [4.78, 5) is 31.7. The number of amides is 1. The zero-order chi connectivity index (χ0) is 28.3. The van der Waals surface area contributed by atoms with E-state index >= 15 is 0 Å². The highest BCUT2D eigenvalue weighted by atomic mass is 32.1. The fourth-order valence-electron chi connectivity index (χ4n) is 4.63. The van der Waals surface area contributed by atoms with Crippen molar-refractivity contribution in [2.45, 2.75) is 6.54 Å². The summed E-state index contributed by atoms with van der Waals surface area (Å²) < 4.78 is 7.11. The predicted octanol–water partition coefficient (Wildman–Crippen LogP) is 6.17. The number of nitrogens with zero attached hydrogens (tertiary/aromatic N) is 5. The van der Waals surface area contributed by atoms with Crippen molar-refractivity contribution < 1.29 is 14.5 Å². The molecule has 0 fully saturated rings. The number of nitro groups is 1. The molecule has 1 aromatic heterocycles. The van der Waals surface area contributed by atoms with Gasteiger partial charge in [0, 0.05) is 28.6 Å². The summed E-state index contributed by atoms with van der Waals surface area (Å²) in [6, 6.07) is 30.9. The van der Waals surface area contributed by atoms with Crippen LogP contribution in [0.15, 0.2) is 119 Å². The number of methoxy groups -OCH3 is 1. The zero-order valence-corrected chi connectivity index (χ0v) is 22.7. The molecule has 10 heteroatoms. The van der Waals surface area contributed by atoms with E-state index in [0.29, 0.717) is 39.6 Å². The number of hydrogen-bond donors (Lipinski definition) is 0. The number of hydrogen-bond acceptors (Lipinski definition) is 7. The van der Waals surface area contributed by atoms with Gasteiger partial charge < -0.3 is 9.64 Å². The molecular weight excluding hydrogens is 538 g/mol. The predicted molar refractivity (Wildman–Crippen MR) is 159 cm³/mol. The number of non-ortho nitro benzene ring substituents is 1. The molecule has 0 unspecified atom stereocenters. The van der Waals surface area contributed by atoms with Crippen molar-refractivity contribution in [1.82, 2.24) is 4.68 Å². The second-order valence-corrected chi connectivity index (χ2v) is 9.98. The van der Waals surface area contributed by atoms with Crippen LogP contribution in [-0.4, -0.2) is 28.3 Å². The third kappa shape index (κ3) is 5.04. The van der Waals surface area contributed by atoms with Gasteiger partial charge in [0.15, 0.2) is 5.71 Å². The number of para-hydroxylation sites is 3. The number of fused-ring (bicyclic) bond motifs is 1. The van der Waals surface area contributed by atoms with Crippen molar-refractivity contribution in [2.24, 2.45) is 10.1 Å². The fraction of sp³-hybridized carbons (Fsp3) is 0.0645. The molecule has 1 aliphatic rings. The van der Waals surface area contributed by atoms with Crippen molar-refractivity contribution in [1.29, 1.82) is 0 Å². The van der Waals surface area contributed by atoms with Crippen molar-refractivity contribution in [3.8, 4) is 17.0 Å². The van der Waals surface area contributed by atoms with Crippen LogP contribution in [0, 0.1) is 10.1 Å². The third-order valence-electron chi connectivity index (χ3n) is 6.64. The first-order chi connectivity index (χ1) is 20.0. The molecule has 0 saturated heterocycles. The van der Waals surface area contributed by atoms with E-state index in [2.05, 4.69) is 0 Å². The Morgan fingerprint density at radius 2 is 1.61 bits per heavy atom. The average Bonchev–Trinajstić information content (AvgIpc) is 3.52. The highest BCUT2D eigenvalue weighted by Crippen LogP contribution is 2.32. The molecule has 0 spiro atoms. The van der Waals surface area contributed by atoms with Crippen LogP contribution in [0.3, 0.4) is 0 Å². The van der Waals surface area contributed by atoms with Gasteiger partial charge in [0.05, 0.1) is 30.0 Å². The summed E-state index contributed by atoms with van der Waals surface area (Å²) in [5, 5.41) is 18.0. The minimum absolute atomic E-state index is 0.0165. The van der Waals surface area contributed by atoms with Gasteiger partial charge in [-0.2, -0.15) is 5.10 Å². The van der Waals surface area contributed by atoms with E-state index in [0.717, 1.165) is 11.3 Å². The highest BCUT2D eigenvalue weighted by molar-refractivity contribution is 7.07. The summed E-state index contributed by atoms with van der Waals surface area (Å²) in [6.07, 6.45) is 0. The quantitative estimate of drug-likeness (QED) is 0.175. The van der Waals surface area contributed by atoms with E-state index in [1.165, 1.54) is 23.5 Å². The maximum atomic E-state index is 13.9. The lowest BCUT2D eigenvalue weighted by Gasteiger charge is -2.16. The van der Waals surface area contributed by atoms with E-state index in [1.807, 2.05) is 84.2 Å². The number of anilines is 1. The minimum atomic E-state index is -0.441. The molecule has 5 aromatic rings. The summed E-state index contributed by atoms with van der Waals surface area (Å²) in [5.74, 6) is 0.361. The zero-order valence-electron chi connectivity index (χ0n) is 21.9. The number of rotatable bonds is 7. The maximum absolute atomic E-state index is 13.9. The molecule has 1 aliphatic heterocycles. The molecule has 6 rings (SSSR count). The van der Waals surface area contributed by atoms with Crippen LogP contribution >= 0.6 is 11.3 Å². The molecular formula is C31H23N5O4S. The Kier molecular flexibility index (Phi) is 6.97. The number of nitro benzene ring substituents is 1. The Labute approximate surface area is 239 Å². The van der Waals surface area contributed by atoms with Gasteiger partial charge in [-0.25, -0.2) is 9.67 Å². The number of thiazole rings is 1. The lowest BCUT2D eigenvalue weighted by atomic mass is 10.1. The first kappa shape index (κ1) is 25.9. The van der Waals surface area contributed by atoms with Gasteiger partial charge in [-0.1, -0.05) is 60.7 Å². The molecule has 0 N–H and O–H groups in total. The van der Waals surface area contributed by atoms with Gasteiger partial charge in [-0.3, -0.25) is 14.9 Å². The summed E-state index contributed by atoms with van der Waals surface area (Å²) in [6.45, 7) is 0.400. The molecule has 4 aromatic carbocycles. The summed E-state index contributed by atoms with van der Waals surface area (Å²) in [7, 11) is 1.58. The second kappa shape index (κ2) is 11.0. The topological polar surface area (TPSA) is 102 Å². The first-order valence-electron chi connectivity index (χ1n) is 12.7. The van der Waals surface area contributed by atoms with Crippen molar-refractivity contribution in [3.63, 3.8) is 0 Å². The van der Waals surface area contributed by atoms with E-state index in [1.54, 1.807) is 28.8 Å². The van der Waals surface area contributed by atoms with Gasteiger partial charge in [-0.05, 0) is 35.9 Å². The van der Waals surface area contributed by atoms with Crippen LogP contribution in [0.1, 0.15) is 11.1 Å². The summed E-state index contributed by atoms with van der Waals surface area (Å²) in [5.41, 5.74) is 4.68. The van der Waals surface area contributed by atoms with E-state index < -0.39 is 4.92 Å². The van der Waals surface area contributed by atoms with Crippen molar-refractivity contribution in [3.05, 3.63) is 135 Å². The standard InChI is InChI=1S/C31H23N5O4S/c1-40-28-14-8-6-12-25(28)32-31-35(27(20-41-31)22-15-17-23(18-16-22)36(38)39)33-29-24-11-5-7-13-26(24)34(30(29)37)19-21-9-3-2-4-10-21/h2-18,20H,19H2,1H3/b32-31?,33-29-. The van der Waals surface area contributed by atoms with Crippen LogP contribution in [0.5, 0.6) is 5.75 Å². The molecule has 202 valence electrons. The molecule has 0 saturated carbocycles. The number of carbonyl (C=O) groups excluding carboxylic acids is 1. The lowest BCUT2D eigenvalue weighted by Crippen LogP contribution is -2.30. The first-order valence-corrected chi connectivity index (χ1v) is 13.6. The summed E-state index contributed by atoms with van der Waals surface area (Å²) >= 11 is 1.34. The number of carbonyl (C=O) groups is 1. The van der Waals surface area contributed by atoms with Gasteiger partial charge in [0.1, 0.15) is 11.4 Å². The van der Waals surface area contributed by atoms with Gasteiger partial charge in [-0.15, -0.1) is 11.3 Å². The SMILES string of the molecule is COc1ccccc1N=c1scc(-c2ccc([N+](=O)[O-])cc2)n1/N=C1\C(=O)N(Cc2ccccc2)c2ccccc21. The lowest BCUT2D eigenvalue weighted by molar-refractivity contribution is -0.384. The molecule has 0 aliphatic carbocycles. The van der Waals surface area contributed by atoms with Gasteiger partial charge in [0.25, 0.3) is 11.6 Å². The van der Waals surface area contributed by atoms with E-state index in [4.69, 9.17) is 14.8 Å². The molecule has 0 bridgehead atoms. The molecule has 2 heterocycles. The number of benzene rings is 4. The molecule has 0 atom stereocenters. The molecule has 1 amide bonds. The highest BCUT2D eigenvalue weighted by Gasteiger charge is 2.34. The van der Waals surface area contributed by atoms with Crippen LogP contribution in [0.4, 0.5) is 17.1 Å². The minimum Gasteiger partial charge on any atom is -0.494 e. The van der Waals surface area contributed by atoms with E-state index in [-0.39, 0.29) is 17.3 Å². The molecule has 41 heavy (non-hydrogen) atoms. The average molecular weight is 562 g/mol. The van der Waals surface area contributed by atoms with Gasteiger partial charge in [0.2, 0.25) is 4.80 Å². The normalized spacial score (nSPS) is 14.0. The Bertz CT molecular complexity index is 1860. The van der Waals surface area contributed by atoms with Gasteiger partial charge >= 0.3 is 0 Å². The maximum Gasteiger partial charge on any atom is 0.279 e. The van der Waals surface area contributed by atoms with E-state index in [9.17, 15) is 14.9 Å². The molecule has 0 radical (unpaired) electrons. The Balaban J connectivity index is 1.52. The number of aromatic nitrogens is 1. The van der Waals surface area contributed by atoms with Crippen molar-refractivity contribution in [2.75, 3.05) is 12.0 Å². The number of ether oxygens (including phenoxy) is 1. The van der Waals surface area contributed by atoms with Crippen LogP contribution in [0.2, 0.25) is 0 Å². The Morgan fingerprint density at radius 1 is 0.902 bits per heavy atom. The third-order valence-corrected chi connectivity index (χ3v) is 7.46.